The SMILES string of the molecule is NS(=O)(=O)C(c1ccccc1)c1nc(-c2cccc([N+](=O)[O-])c2)cs1. The molecule has 128 valence electrons. The molecule has 2 N–H and O–H groups in total. The lowest BCUT2D eigenvalue weighted by molar-refractivity contribution is -0.384. The van der Waals surface area contributed by atoms with E-state index in [1.807, 2.05) is 0 Å². The van der Waals surface area contributed by atoms with Gasteiger partial charge in [-0.2, -0.15) is 0 Å². The van der Waals surface area contributed by atoms with Crippen LogP contribution in [0.25, 0.3) is 11.3 Å². The summed E-state index contributed by atoms with van der Waals surface area (Å²) in [5.41, 5.74) is 1.47. The zero-order chi connectivity index (χ0) is 18.0. The summed E-state index contributed by atoms with van der Waals surface area (Å²) in [6, 6.07) is 14.6. The van der Waals surface area contributed by atoms with Crippen molar-refractivity contribution >= 4 is 27.0 Å². The van der Waals surface area contributed by atoms with Crippen molar-refractivity contribution in [2.45, 2.75) is 5.25 Å². The molecule has 0 amide bonds. The number of rotatable bonds is 5. The molecule has 1 unspecified atom stereocenters. The van der Waals surface area contributed by atoms with E-state index in [2.05, 4.69) is 4.98 Å². The molecule has 3 rings (SSSR count). The van der Waals surface area contributed by atoms with Gasteiger partial charge in [-0.15, -0.1) is 11.3 Å². The van der Waals surface area contributed by atoms with Crippen LogP contribution in [-0.2, 0) is 10.0 Å². The number of sulfonamides is 1. The standard InChI is InChI=1S/C16H13N3O4S2/c17-25(22,23)15(11-5-2-1-3-6-11)16-18-14(10-24-16)12-7-4-8-13(9-12)19(20)21/h1-10,15H,(H2,17,22,23). The lowest BCUT2D eigenvalue weighted by Crippen LogP contribution is -2.22. The zero-order valence-corrected chi connectivity index (χ0v) is 14.4. The quantitative estimate of drug-likeness (QED) is 0.543. The molecule has 0 saturated carbocycles. The fourth-order valence-electron chi connectivity index (χ4n) is 2.42. The van der Waals surface area contributed by atoms with Crippen molar-refractivity contribution < 1.29 is 13.3 Å². The van der Waals surface area contributed by atoms with E-state index in [1.165, 1.54) is 12.1 Å². The van der Waals surface area contributed by atoms with Crippen molar-refractivity contribution in [3.8, 4) is 11.3 Å². The van der Waals surface area contributed by atoms with Crippen molar-refractivity contribution in [2.75, 3.05) is 0 Å². The van der Waals surface area contributed by atoms with Crippen molar-refractivity contribution in [3.63, 3.8) is 0 Å². The molecule has 1 atom stereocenters. The third kappa shape index (κ3) is 3.73. The number of aromatic nitrogens is 1. The highest BCUT2D eigenvalue weighted by Gasteiger charge is 2.29. The first-order valence-electron chi connectivity index (χ1n) is 7.13. The van der Waals surface area contributed by atoms with Gasteiger partial charge in [-0.1, -0.05) is 42.5 Å². The van der Waals surface area contributed by atoms with E-state index in [1.54, 1.807) is 47.8 Å². The minimum Gasteiger partial charge on any atom is -0.258 e. The molecule has 25 heavy (non-hydrogen) atoms. The summed E-state index contributed by atoms with van der Waals surface area (Å²) in [6.07, 6.45) is 0. The molecular weight excluding hydrogens is 362 g/mol. The smallest absolute Gasteiger partial charge is 0.258 e. The first kappa shape index (κ1) is 17.2. The molecule has 9 heteroatoms. The molecule has 3 aromatic rings. The molecule has 1 aromatic heterocycles. The Morgan fingerprint density at radius 3 is 2.48 bits per heavy atom. The van der Waals surface area contributed by atoms with Crippen molar-refractivity contribution in [3.05, 3.63) is 80.7 Å². The summed E-state index contributed by atoms with van der Waals surface area (Å²) in [5.74, 6) is 0. The predicted molar refractivity (Wildman–Crippen MR) is 95.6 cm³/mol. The lowest BCUT2D eigenvalue weighted by Gasteiger charge is -2.12. The normalized spacial score (nSPS) is 12.7. The number of thiazole rings is 1. The monoisotopic (exact) mass is 375 g/mol. The van der Waals surface area contributed by atoms with E-state index in [9.17, 15) is 18.5 Å². The van der Waals surface area contributed by atoms with Gasteiger partial charge in [-0.05, 0) is 5.56 Å². The molecule has 0 radical (unpaired) electrons. The number of nitro benzene ring substituents is 1. The minimum absolute atomic E-state index is 0.0573. The molecule has 7 nitrogen and oxygen atoms in total. The van der Waals surface area contributed by atoms with Gasteiger partial charge in [-0.25, -0.2) is 18.5 Å². The number of hydrogen-bond donors (Lipinski definition) is 1. The van der Waals surface area contributed by atoms with Gasteiger partial charge in [0.15, 0.2) is 5.25 Å². The second kappa shape index (κ2) is 6.71. The maximum absolute atomic E-state index is 12.1. The number of primary sulfonamides is 1. The van der Waals surface area contributed by atoms with Crippen LogP contribution in [0.3, 0.4) is 0 Å². The molecular formula is C16H13N3O4S2. The maximum atomic E-state index is 12.1. The molecule has 0 saturated heterocycles. The summed E-state index contributed by atoms with van der Waals surface area (Å²) in [7, 11) is -3.92. The van der Waals surface area contributed by atoms with Crippen LogP contribution in [0.15, 0.2) is 60.0 Å². The summed E-state index contributed by atoms with van der Waals surface area (Å²) in [5, 5.41) is 17.2. The van der Waals surface area contributed by atoms with Crippen LogP contribution < -0.4 is 5.14 Å². The van der Waals surface area contributed by atoms with Gasteiger partial charge >= 0.3 is 0 Å². The number of hydrogen-bond acceptors (Lipinski definition) is 6. The Morgan fingerprint density at radius 1 is 1.12 bits per heavy atom. The largest absolute Gasteiger partial charge is 0.270 e. The van der Waals surface area contributed by atoms with Crippen LogP contribution in [0.5, 0.6) is 0 Å². The van der Waals surface area contributed by atoms with Crippen LogP contribution >= 0.6 is 11.3 Å². The fraction of sp³-hybridized carbons (Fsp3) is 0.0625. The highest BCUT2D eigenvalue weighted by Crippen LogP contribution is 2.34. The van der Waals surface area contributed by atoms with E-state index in [0.29, 0.717) is 21.8 Å². The minimum atomic E-state index is -3.92. The van der Waals surface area contributed by atoms with Gasteiger partial charge in [0.2, 0.25) is 10.0 Å². The van der Waals surface area contributed by atoms with E-state index < -0.39 is 20.2 Å². The lowest BCUT2D eigenvalue weighted by atomic mass is 10.1. The molecule has 0 aliphatic rings. The molecule has 0 spiro atoms. The zero-order valence-electron chi connectivity index (χ0n) is 12.8. The Kier molecular flexibility index (Phi) is 4.62. The van der Waals surface area contributed by atoms with Crippen LogP contribution in [0, 0.1) is 10.1 Å². The predicted octanol–water partition coefficient (Wildman–Crippen LogP) is 3.10. The molecule has 0 bridgehead atoms. The van der Waals surface area contributed by atoms with Gasteiger partial charge in [-0.3, -0.25) is 10.1 Å². The number of nitrogens with two attached hydrogens (primary N) is 1. The molecule has 0 fully saturated rings. The number of benzene rings is 2. The van der Waals surface area contributed by atoms with Gasteiger partial charge in [0, 0.05) is 23.1 Å². The number of nitrogens with zero attached hydrogens (tertiary/aromatic N) is 2. The van der Waals surface area contributed by atoms with Crippen LogP contribution in [-0.4, -0.2) is 18.3 Å². The van der Waals surface area contributed by atoms with Gasteiger partial charge in [0.05, 0.1) is 10.6 Å². The van der Waals surface area contributed by atoms with E-state index in [-0.39, 0.29) is 5.69 Å². The highest BCUT2D eigenvalue weighted by atomic mass is 32.2. The topological polar surface area (TPSA) is 116 Å². The second-order valence-corrected chi connectivity index (χ2v) is 7.80. The summed E-state index contributed by atoms with van der Waals surface area (Å²) < 4.78 is 24.2. The molecule has 1 heterocycles. The van der Waals surface area contributed by atoms with Crippen LogP contribution in [0.1, 0.15) is 15.8 Å². The molecule has 0 aliphatic carbocycles. The fourth-order valence-corrected chi connectivity index (χ4v) is 4.69. The van der Waals surface area contributed by atoms with E-state index in [4.69, 9.17) is 5.14 Å². The van der Waals surface area contributed by atoms with E-state index in [0.717, 1.165) is 11.3 Å². The van der Waals surface area contributed by atoms with Gasteiger partial charge < -0.3 is 0 Å². The average molecular weight is 375 g/mol. The second-order valence-electron chi connectivity index (χ2n) is 5.26. The van der Waals surface area contributed by atoms with Crippen molar-refractivity contribution in [1.29, 1.82) is 0 Å². The number of nitro groups is 1. The van der Waals surface area contributed by atoms with Crippen molar-refractivity contribution in [1.82, 2.24) is 4.98 Å². The van der Waals surface area contributed by atoms with Crippen molar-refractivity contribution in [2.24, 2.45) is 5.14 Å². The Hall–Kier alpha value is -2.62. The first-order chi connectivity index (χ1) is 11.9. The molecule has 0 aliphatic heterocycles. The Bertz CT molecular complexity index is 1020. The van der Waals surface area contributed by atoms with Crippen LogP contribution in [0.2, 0.25) is 0 Å². The maximum Gasteiger partial charge on any atom is 0.270 e. The Balaban J connectivity index is 2.05. The van der Waals surface area contributed by atoms with Crippen LogP contribution in [0.4, 0.5) is 5.69 Å². The Morgan fingerprint density at radius 2 is 1.84 bits per heavy atom. The number of non-ortho nitro benzene ring substituents is 1. The van der Waals surface area contributed by atoms with E-state index >= 15 is 0 Å². The third-order valence-electron chi connectivity index (χ3n) is 3.53. The molecule has 2 aromatic carbocycles. The van der Waals surface area contributed by atoms with Gasteiger partial charge in [0.1, 0.15) is 5.01 Å². The summed E-state index contributed by atoms with van der Waals surface area (Å²) in [4.78, 5) is 14.8. The van der Waals surface area contributed by atoms with Gasteiger partial charge in [0.25, 0.3) is 5.69 Å². The third-order valence-corrected chi connectivity index (χ3v) is 5.74. The summed E-state index contributed by atoms with van der Waals surface area (Å²) in [6.45, 7) is 0. The Labute approximate surface area is 148 Å². The first-order valence-corrected chi connectivity index (χ1v) is 9.62. The highest BCUT2D eigenvalue weighted by molar-refractivity contribution is 7.89. The average Bonchev–Trinajstić information content (AvgIpc) is 3.04. The summed E-state index contributed by atoms with van der Waals surface area (Å²) >= 11 is 1.15.